The van der Waals surface area contributed by atoms with Gasteiger partial charge in [0, 0.05) is 0 Å². The molecule has 2 saturated heterocycles. The average molecular weight is 456 g/mol. The Morgan fingerprint density at radius 2 is 1.73 bits per heavy atom. The number of aromatic hydroxyl groups is 2. The Hall–Kier alpha value is -2.95. The van der Waals surface area contributed by atoms with E-state index in [9.17, 15) is 25.2 Å². The summed E-state index contributed by atoms with van der Waals surface area (Å²) in [4.78, 5) is 13.2. The molecule has 0 unspecified atom stereocenters. The van der Waals surface area contributed by atoms with Gasteiger partial charge in [-0.2, -0.15) is 0 Å². The minimum Gasteiger partial charge on any atom is -0.508 e. The van der Waals surface area contributed by atoms with Crippen LogP contribution in [-0.2, 0) is 14.2 Å². The highest BCUT2D eigenvalue weighted by atomic mass is 16.7. The lowest BCUT2D eigenvalue weighted by atomic mass is 9.89. The van der Waals surface area contributed by atoms with Crippen molar-refractivity contribution in [1.82, 2.24) is 0 Å². The number of benzene rings is 2. The smallest absolute Gasteiger partial charge is 0.200 e. The van der Waals surface area contributed by atoms with E-state index in [-0.39, 0.29) is 45.6 Å². The van der Waals surface area contributed by atoms with Crippen molar-refractivity contribution < 1.29 is 39.1 Å². The first-order valence-electron chi connectivity index (χ1n) is 10.6. The summed E-state index contributed by atoms with van der Waals surface area (Å²) in [5, 5.41) is 41.9. The van der Waals surface area contributed by atoms with E-state index in [2.05, 4.69) is 0 Å². The Balaban J connectivity index is 1.58. The lowest BCUT2D eigenvalue weighted by molar-refractivity contribution is -0.358. The van der Waals surface area contributed by atoms with Crippen LogP contribution in [0.15, 0.2) is 51.9 Å². The van der Waals surface area contributed by atoms with Crippen molar-refractivity contribution in [2.45, 2.75) is 50.2 Å². The molecule has 4 N–H and O–H groups in total. The zero-order chi connectivity index (χ0) is 23.5. The van der Waals surface area contributed by atoms with Crippen molar-refractivity contribution in [3.8, 4) is 22.6 Å². The zero-order valence-corrected chi connectivity index (χ0v) is 18.0. The molecule has 9 heteroatoms. The van der Waals surface area contributed by atoms with Gasteiger partial charge in [0.05, 0.1) is 23.1 Å². The molecule has 0 aliphatic carbocycles. The number of ether oxygens (including phenoxy) is 3. The Kier molecular flexibility index (Phi) is 5.19. The molecule has 2 aliphatic heterocycles. The van der Waals surface area contributed by atoms with Crippen molar-refractivity contribution in [3.63, 3.8) is 0 Å². The highest BCUT2D eigenvalue weighted by Gasteiger charge is 2.51. The number of phenols is 2. The fourth-order valence-electron chi connectivity index (χ4n) is 4.43. The molecule has 0 radical (unpaired) electrons. The second-order valence-corrected chi connectivity index (χ2v) is 8.77. The number of phenolic OH excluding ortho intramolecular Hbond substituents is 2. The first-order chi connectivity index (χ1) is 15.7. The molecule has 174 valence electrons. The van der Waals surface area contributed by atoms with E-state index in [4.69, 9.17) is 18.6 Å². The molecule has 2 fully saturated rings. The predicted molar refractivity (Wildman–Crippen MR) is 116 cm³/mol. The summed E-state index contributed by atoms with van der Waals surface area (Å²) in [6.45, 7) is 3.51. The zero-order valence-electron chi connectivity index (χ0n) is 18.0. The first kappa shape index (κ1) is 21.9. The maximum Gasteiger partial charge on any atom is 0.200 e. The van der Waals surface area contributed by atoms with Gasteiger partial charge in [-0.15, -0.1) is 0 Å². The molecule has 33 heavy (non-hydrogen) atoms. The summed E-state index contributed by atoms with van der Waals surface area (Å²) in [5.41, 5.74) is 0.537. The first-order valence-corrected chi connectivity index (χ1v) is 10.6. The van der Waals surface area contributed by atoms with E-state index < -0.39 is 36.3 Å². The highest BCUT2D eigenvalue weighted by molar-refractivity contribution is 5.86. The molecule has 3 aromatic rings. The summed E-state index contributed by atoms with van der Waals surface area (Å²) in [7, 11) is 0. The van der Waals surface area contributed by atoms with E-state index in [0.29, 0.717) is 5.56 Å². The summed E-state index contributed by atoms with van der Waals surface area (Å²) < 4.78 is 23.1. The Bertz CT molecular complexity index is 1250. The van der Waals surface area contributed by atoms with Crippen LogP contribution in [0.4, 0.5) is 0 Å². The SMILES string of the molecule is CC1(C)OC[C@H]2O[C@@H](c3c(O)ccc4c(=O)c(-c5ccc(O)cc5)coc34)[C@H](O)[C@@H](O)[C@@H]2O1. The quantitative estimate of drug-likeness (QED) is 0.457. The number of hydrogen-bond donors (Lipinski definition) is 4. The van der Waals surface area contributed by atoms with Gasteiger partial charge in [0.15, 0.2) is 5.79 Å². The van der Waals surface area contributed by atoms with Crippen molar-refractivity contribution in [2.75, 3.05) is 6.61 Å². The van der Waals surface area contributed by atoms with Gasteiger partial charge in [-0.25, -0.2) is 0 Å². The van der Waals surface area contributed by atoms with Gasteiger partial charge in [0.2, 0.25) is 5.43 Å². The van der Waals surface area contributed by atoms with Gasteiger partial charge in [-0.1, -0.05) is 12.1 Å². The van der Waals surface area contributed by atoms with Crippen LogP contribution in [0.25, 0.3) is 22.1 Å². The summed E-state index contributed by atoms with van der Waals surface area (Å²) >= 11 is 0. The maximum absolute atomic E-state index is 13.2. The van der Waals surface area contributed by atoms with Crippen molar-refractivity contribution in [1.29, 1.82) is 0 Å². The summed E-state index contributed by atoms with van der Waals surface area (Å²) in [6, 6.07) is 8.84. The largest absolute Gasteiger partial charge is 0.508 e. The van der Waals surface area contributed by atoms with Crippen LogP contribution in [0.1, 0.15) is 25.5 Å². The molecule has 5 rings (SSSR count). The number of fused-ring (bicyclic) bond motifs is 2. The molecule has 0 amide bonds. The molecule has 2 aromatic carbocycles. The molecule has 0 spiro atoms. The summed E-state index contributed by atoms with van der Waals surface area (Å²) in [5.74, 6) is -1.14. The molecule has 9 nitrogen and oxygen atoms in total. The Morgan fingerprint density at radius 1 is 1.00 bits per heavy atom. The normalized spacial score (nSPS) is 29.0. The van der Waals surface area contributed by atoms with Crippen molar-refractivity contribution in [2.24, 2.45) is 0 Å². The molecular weight excluding hydrogens is 432 g/mol. The minimum atomic E-state index is -1.46. The van der Waals surface area contributed by atoms with Crippen LogP contribution in [-0.4, -0.2) is 57.2 Å². The molecule has 0 saturated carbocycles. The standard InChI is InChI=1S/C24H24O9/c1-24(2)31-10-16-22(33-24)19(28)20(29)23(32-16)17-15(26)8-7-13-18(27)14(9-30-21(13)17)11-3-5-12(25)6-4-11/h3-9,16,19-20,22-23,25-26,28-29H,10H2,1-2H3/t16-,19-,20-,22-,23+/m1/s1. The molecule has 0 bridgehead atoms. The second kappa shape index (κ2) is 7.82. The predicted octanol–water partition coefficient (Wildman–Crippen LogP) is 2.18. The van der Waals surface area contributed by atoms with Crippen LogP contribution in [0.3, 0.4) is 0 Å². The van der Waals surface area contributed by atoms with Crippen molar-refractivity contribution >= 4 is 11.0 Å². The Labute approximate surface area is 188 Å². The van der Waals surface area contributed by atoms with Gasteiger partial charge in [0.25, 0.3) is 0 Å². The van der Waals surface area contributed by atoms with Gasteiger partial charge < -0.3 is 39.1 Å². The van der Waals surface area contributed by atoms with Crippen LogP contribution in [0.5, 0.6) is 11.5 Å². The van der Waals surface area contributed by atoms with E-state index in [1.165, 1.54) is 30.5 Å². The van der Waals surface area contributed by atoms with E-state index in [1.807, 2.05) is 0 Å². The lowest BCUT2D eigenvalue weighted by Crippen LogP contribution is -2.62. The molecule has 2 aliphatic rings. The molecule has 5 atom stereocenters. The average Bonchev–Trinajstić information content (AvgIpc) is 2.78. The van der Waals surface area contributed by atoms with Gasteiger partial charge in [0.1, 0.15) is 53.9 Å². The molecular formula is C24H24O9. The van der Waals surface area contributed by atoms with Crippen LogP contribution in [0.2, 0.25) is 0 Å². The van der Waals surface area contributed by atoms with E-state index in [1.54, 1.807) is 26.0 Å². The monoisotopic (exact) mass is 456 g/mol. The molecule has 1 aromatic heterocycles. The van der Waals surface area contributed by atoms with Gasteiger partial charge in [-0.05, 0) is 43.7 Å². The van der Waals surface area contributed by atoms with Crippen molar-refractivity contribution in [3.05, 3.63) is 58.4 Å². The van der Waals surface area contributed by atoms with Crippen LogP contribution >= 0.6 is 0 Å². The number of hydrogen-bond acceptors (Lipinski definition) is 9. The Morgan fingerprint density at radius 3 is 2.45 bits per heavy atom. The highest BCUT2D eigenvalue weighted by Crippen LogP contribution is 2.43. The third-order valence-corrected chi connectivity index (χ3v) is 6.12. The van der Waals surface area contributed by atoms with E-state index >= 15 is 0 Å². The summed E-state index contributed by atoms with van der Waals surface area (Å²) in [6.07, 6.45) is -4.26. The maximum atomic E-state index is 13.2. The lowest BCUT2D eigenvalue weighted by Gasteiger charge is -2.49. The minimum absolute atomic E-state index is 0.0372. The van der Waals surface area contributed by atoms with Crippen LogP contribution < -0.4 is 5.43 Å². The third-order valence-electron chi connectivity index (χ3n) is 6.12. The third kappa shape index (κ3) is 3.68. The topological polar surface area (TPSA) is 139 Å². The number of aliphatic hydroxyl groups is 2. The second-order valence-electron chi connectivity index (χ2n) is 8.77. The fraction of sp³-hybridized carbons (Fsp3) is 0.375. The van der Waals surface area contributed by atoms with Gasteiger partial charge >= 0.3 is 0 Å². The number of rotatable bonds is 2. The molecule has 3 heterocycles. The van der Waals surface area contributed by atoms with E-state index in [0.717, 1.165) is 0 Å². The number of aliphatic hydroxyl groups excluding tert-OH is 2. The fourth-order valence-corrected chi connectivity index (χ4v) is 4.43. The van der Waals surface area contributed by atoms with Crippen LogP contribution in [0, 0.1) is 0 Å². The van der Waals surface area contributed by atoms with Gasteiger partial charge in [-0.3, -0.25) is 4.79 Å².